The molecule has 0 saturated heterocycles. The van der Waals surface area contributed by atoms with E-state index in [0.717, 1.165) is 66.0 Å². The van der Waals surface area contributed by atoms with E-state index >= 15 is 0 Å². The molecule has 0 amide bonds. The summed E-state index contributed by atoms with van der Waals surface area (Å²) in [5.74, 6) is 1.58. The van der Waals surface area contributed by atoms with Gasteiger partial charge in [0.1, 0.15) is 22.9 Å². The van der Waals surface area contributed by atoms with Crippen molar-refractivity contribution in [2.45, 2.75) is 39.3 Å². The Hall–Kier alpha value is -3.22. The number of benzene rings is 2. The van der Waals surface area contributed by atoms with Crippen LogP contribution in [0.5, 0.6) is 5.75 Å². The Morgan fingerprint density at radius 2 is 1.88 bits per heavy atom. The lowest BCUT2D eigenvalue weighted by molar-refractivity contribution is 0.117. The minimum atomic E-state index is -0.238. The van der Waals surface area contributed by atoms with E-state index < -0.39 is 0 Å². The molecule has 0 saturated carbocycles. The highest BCUT2D eigenvalue weighted by Crippen LogP contribution is 2.33. The number of halogens is 1. The van der Waals surface area contributed by atoms with Crippen LogP contribution >= 0.6 is 0 Å². The van der Waals surface area contributed by atoms with Gasteiger partial charge in [-0.25, -0.2) is 4.39 Å². The van der Waals surface area contributed by atoms with Crippen LogP contribution in [0.2, 0.25) is 0 Å². The first-order valence-corrected chi connectivity index (χ1v) is 11.8. The van der Waals surface area contributed by atoms with Crippen LogP contribution in [0.4, 0.5) is 4.39 Å². The highest BCUT2D eigenvalue weighted by molar-refractivity contribution is 5.88. The van der Waals surface area contributed by atoms with Crippen molar-refractivity contribution in [3.8, 4) is 5.75 Å². The summed E-state index contributed by atoms with van der Waals surface area (Å²) in [4.78, 5) is 4.13. The second kappa shape index (κ2) is 12.3. The topological polar surface area (TPSA) is 56.5 Å². The van der Waals surface area contributed by atoms with Crippen molar-refractivity contribution < 1.29 is 18.3 Å². The van der Waals surface area contributed by atoms with Crippen LogP contribution in [-0.2, 0) is 24.3 Å². The normalized spacial score (nSPS) is 11.2. The number of aromatic nitrogens is 1. The first-order valence-electron chi connectivity index (χ1n) is 11.8. The molecule has 2 aromatic heterocycles. The average molecular weight is 463 g/mol. The quantitative estimate of drug-likeness (QED) is 0.248. The van der Waals surface area contributed by atoms with Gasteiger partial charge in [-0.3, -0.25) is 4.98 Å². The molecule has 0 bridgehead atoms. The number of nitrogens with one attached hydrogen (secondary N) is 1. The molecule has 6 heteroatoms. The zero-order valence-corrected chi connectivity index (χ0v) is 19.6. The summed E-state index contributed by atoms with van der Waals surface area (Å²) in [6.45, 7) is 5.38. The molecule has 0 radical (unpaired) electrons. The smallest absolute Gasteiger partial charge is 0.138 e. The molecule has 34 heavy (non-hydrogen) atoms. The molecule has 0 atom stereocenters. The molecule has 0 fully saturated rings. The molecule has 2 aromatic carbocycles. The molecule has 178 valence electrons. The summed E-state index contributed by atoms with van der Waals surface area (Å²) in [5, 5.41) is 4.46. The number of fused-ring (bicyclic) bond motifs is 1. The van der Waals surface area contributed by atoms with Crippen molar-refractivity contribution in [2.24, 2.45) is 0 Å². The van der Waals surface area contributed by atoms with Crippen LogP contribution in [0.1, 0.15) is 35.3 Å². The maximum absolute atomic E-state index is 13.3. The molecule has 0 aliphatic rings. The number of pyridine rings is 1. The van der Waals surface area contributed by atoms with E-state index in [1.54, 1.807) is 12.3 Å². The van der Waals surface area contributed by atoms with Gasteiger partial charge in [-0.15, -0.1) is 0 Å². The highest BCUT2D eigenvalue weighted by atomic mass is 19.1. The van der Waals surface area contributed by atoms with Gasteiger partial charge in [-0.2, -0.15) is 0 Å². The maximum Gasteiger partial charge on any atom is 0.138 e. The van der Waals surface area contributed by atoms with E-state index in [0.29, 0.717) is 19.8 Å². The lowest BCUT2D eigenvalue weighted by atomic mass is 10.1. The standard InChI is InChI=1S/C28H31FN2O3/c1-21-25(12-5-15-32-20-22-7-2-9-24(29)17-22)34-27-11-3-10-26(28(21)27)33-16-6-14-31-19-23-8-4-13-30-18-23/h2-4,7-11,13,17-18,31H,5-6,12,14-16,19-20H2,1H3. The highest BCUT2D eigenvalue weighted by Gasteiger charge is 2.14. The summed E-state index contributed by atoms with van der Waals surface area (Å²) in [6.07, 6.45) is 6.17. The Labute approximate surface area is 199 Å². The van der Waals surface area contributed by atoms with Crippen molar-refractivity contribution in [1.29, 1.82) is 0 Å². The number of hydrogen-bond acceptors (Lipinski definition) is 5. The number of rotatable bonds is 13. The van der Waals surface area contributed by atoms with Crippen molar-refractivity contribution in [3.63, 3.8) is 0 Å². The number of hydrogen-bond donors (Lipinski definition) is 1. The summed E-state index contributed by atoms with van der Waals surface area (Å²) in [5.41, 5.74) is 3.98. The van der Waals surface area contributed by atoms with E-state index in [-0.39, 0.29) is 5.82 Å². The van der Waals surface area contributed by atoms with Gasteiger partial charge in [0, 0.05) is 37.5 Å². The van der Waals surface area contributed by atoms with Gasteiger partial charge in [0.15, 0.2) is 0 Å². The second-order valence-electron chi connectivity index (χ2n) is 8.31. The van der Waals surface area contributed by atoms with E-state index in [4.69, 9.17) is 13.9 Å². The van der Waals surface area contributed by atoms with Gasteiger partial charge < -0.3 is 19.2 Å². The molecule has 0 aliphatic heterocycles. The predicted molar refractivity (Wildman–Crippen MR) is 131 cm³/mol. The van der Waals surface area contributed by atoms with Gasteiger partial charge in [-0.05, 0) is 67.8 Å². The lowest BCUT2D eigenvalue weighted by Gasteiger charge is -2.09. The van der Waals surface area contributed by atoms with Crippen LogP contribution in [0.15, 0.2) is 71.4 Å². The molecule has 5 nitrogen and oxygen atoms in total. The zero-order chi connectivity index (χ0) is 23.6. The first-order chi connectivity index (χ1) is 16.7. The molecular weight excluding hydrogens is 431 g/mol. The van der Waals surface area contributed by atoms with Crippen LogP contribution in [0.25, 0.3) is 11.0 Å². The van der Waals surface area contributed by atoms with Gasteiger partial charge in [-0.1, -0.05) is 24.3 Å². The van der Waals surface area contributed by atoms with E-state index in [1.165, 1.54) is 17.7 Å². The zero-order valence-electron chi connectivity index (χ0n) is 19.6. The first kappa shape index (κ1) is 23.9. The van der Waals surface area contributed by atoms with Crippen molar-refractivity contribution in [3.05, 3.63) is 95.3 Å². The minimum absolute atomic E-state index is 0.238. The molecule has 1 N–H and O–H groups in total. The maximum atomic E-state index is 13.3. The van der Waals surface area contributed by atoms with Gasteiger partial charge in [0.05, 0.1) is 18.6 Å². The lowest BCUT2D eigenvalue weighted by Crippen LogP contribution is -2.17. The predicted octanol–water partition coefficient (Wildman–Crippen LogP) is 5.98. The van der Waals surface area contributed by atoms with Crippen molar-refractivity contribution >= 4 is 11.0 Å². The fourth-order valence-corrected chi connectivity index (χ4v) is 3.94. The summed E-state index contributed by atoms with van der Waals surface area (Å²) >= 11 is 0. The molecule has 0 spiro atoms. The van der Waals surface area contributed by atoms with Crippen molar-refractivity contribution in [1.82, 2.24) is 10.3 Å². The molecular formula is C28H31FN2O3. The molecule has 0 unspecified atom stereocenters. The fourth-order valence-electron chi connectivity index (χ4n) is 3.94. The van der Waals surface area contributed by atoms with Gasteiger partial charge in [0.25, 0.3) is 0 Å². The fraction of sp³-hybridized carbons (Fsp3) is 0.321. The summed E-state index contributed by atoms with van der Waals surface area (Å²) < 4.78 is 31.2. The average Bonchev–Trinajstić information content (AvgIpc) is 3.18. The summed E-state index contributed by atoms with van der Waals surface area (Å²) in [7, 11) is 0. The number of furan rings is 1. The van der Waals surface area contributed by atoms with Crippen LogP contribution in [0.3, 0.4) is 0 Å². The Bertz CT molecular complexity index is 1180. The Kier molecular flexibility index (Phi) is 8.65. The third-order valence-corrected chi connectivity index (χ3v) is 5.67. The third kappa shape index (κ3) is 6.65. The monoisotopic (exact) mass is 462 g/mol. The van der Waals surface area contributed by atoms with Gasteiger partial charge >= 0.3 is 0 Å². The molecule has 2 heterocycles. The third-order valence-electron chi connectivity index (χ3n) is 5.67. The van der Waals surface area contributed by atoms with Crippen LogP contribution in [0, 0.1) is 12.7 Å². The van der Waals surface area contributed by atoms with E-state index in [9.17, 15) is 4.39 Å². The second-order valence-corrected chi connectivity index (χ2v) is 8.31. The van der Waals surface area contributed by atoms with E-state index in [1.807, 2.05) is 36.5 Å². The number of ether oxygens (including phenoxy) is 2. The number of aryl methyl sites for hydroxylation is 2. The van der Waals surface area contributed by atoms with Crippen LogP contribution < -0.4 is 10.1 Å². The summed E-state index contributed by atoms with van der Waals surface area (Å²) in [6, 6.07) is 16.5. The molecule has 4 rings (SSSR count). The van der Waals surface area contributed by atoms with E-state index in [2.05, 4.69) is 23.3 Å². The number of nitrogens with zero attached hydrogens (tertiary/aromatic N) is 1. The largest absolute Gasteiger partial charge is 0.493 e. The van der Waals surface area contributed by atoms with Crippen LogP contribution in [-0.4, -0.2) is 24.7 Å². The van der Waals surface area contributed by atoms with Gasteiger partial charge in [0.2, 0.25) is 0 Å². The SMILES string of the molecule is Cc1c(CCCOCc2cccc(F)c2)oc2cccc(OCCCNCc3cccnc3)c12. The van der Waals surface area contributed by atoms with Crippen molar-refractivity contribution in [2.75, 3.05) is 19.8 Å². The Balaban J connectivity index is 1.22. The Morgan fingerprint density at radius 1 is 1.00 bits per heavy atom. The minimum Gasteiger partial charge on any atom is -0.493 e. The molecule has 4 aromatic rings. The Morgan fingerprint density at radius 3 is 2.74 bits per heavy atom. The molecule has 0 aliphatic carbocycles.